The van der Waals surface area contributed by atoms with Crippen molar-refractivity contribution in [2.45, 2.75) is 83.7 Å². The Balaban J connectivity index is 3.09. The molecule has 0 aromatic heterocycles. The van der Waals surface area contributed by atoms with Crippen molar-refractivity contribution in [2.24, 2.45) is 0 Å². The molecule has 0 aliphatic rings. The van der Waals surface area contributed by atoms with Gasteiger partial charge in [-0.2, -0.15) is 0 Å². The van der Waals surface area contributed by atoms with Crippen LogP contribution in [0.2, 0.25) is 0 Å². The first-order chi connectivity index (χ1) is 17.2. The summed E-state index contributed by atoms with van der Waals surface area (Å²) in [6.07, 6.45) is 12.4. The van der Waals surface area contributed by atoms with Gasteiger partial charge in [0.25, 0.3) is 0 Å². The summed E-state index contributed by atoms with van der Waals surface area (Å²) in [7, 11) is 0. The number of aliphatic hydroxyl groups is 2. The van der Waals surface area contributed by atoms with Crippen molar-refractivity contribution in [1.29, 1.82) is 0 Å². The predicted octanol–water partition coefficient (Wildman–Crippen LogP) is 3.28. The molecule has 0 radical (unpaired) electrons. The van der Waals surface area contributed by atoms with Crippen molar-refractivity contribution >= 4 is 5.97 Å². The van der Waals surface area contributed by atoms with Crippen molar-refractivity contribution in [3.63, 3.8) is 0 Å². The van der Waals surface area contributed by atoms with E-state index in [1.54, 1.807) is 0 Å². The number of rotatable bonds is 29. The van der Waals surface area contributed by atoms with Crippen LogP contribution in [-0.2, 0) is 33.2 Å². The van der Waals surface area contributed by atoms with Gasteiger partial charge in [-0.25, -0.2) is 0 Å². The standard InChI is InChI=1S/C26H52O9/c1-2-3-4-5-6-7-8-9-10-11-13-30-15-17-32-19-21-34-22-20-33-18-16-31-14-12-26(29)35-24-25(28)23-27/h25,27-28H,2-24H2,1H3. The summed E-state index contributed by atoms with van der Waals surface area (Å²) < 4.78 is 31.9. The van der Waals surface area contributed by atoms with Gasteiger partial charge in [-0.1, -0.05) is 64.7 Å². The fourth-order valence-corrected chi connectivity index (χ4v) is 3.14. The van der Waals surface area contributed by atoms with E-state index in [1.165, 1.54) is 57.8 Å². The number of hydrogen-bond acceptors (Lipinski definition) is 9. The van der Waals surface area contributed by atoms with E-state index in [0.717, 1.165) is 13.0 Å². The first-order valence-electron chi connectivity index (χ1n) is 13.5. The van der Waals surface area contributed by atoms with Crippen LogP contribution in [0.3, 0.4) is 0 Å². The number of hydrogen-bond donors (Lipinski definition) is 2. The molecule has 0 saturated carbocycles. The van der Waals surface area contributed by atoms with Gasteiger partial charge in [0.15, 0.2) is 0 Å². The number of esters is 1. The fourth-order valence-electron chi connectivity index (χ4n) is 3.14. The number of carbonyl (C=O) groups is 1. The largest absolute Gasteiger partial charge is 0.463 e. The minimum absolute atomic E-state index is 0.0889. The molecule has 0 rings (SSSR count). The Morgan fingerprint density at radius 1 is 0.600 bits per heavy atom. The van der Waals surface area contributed by atoms with Gasteiger partial charge in [0.1, 0.15) is 12.7 Å². The van der Waals surface area contributed by atoms with Gasteiger partial charge in [0, 0.05) is 6.61 Å². The Labute approximate surface area is 212 Å². The molecule has 0 fully saturated rings. The van der Waals surface area contributed by atoms with Crippen LogP contribution in [0.1, 0.15) is 77.6 Å². The smallest absolute Gasteiger partial charge is 0.308 e. The highest BCUT2D eigenvalue weighted by atomic mass is 16.6. The molecule has 1 unspecified atom stereocenters. The Hall–Kier alpha value is -0.810. The van der Waals surface area contributed by atoms with E-state index >= 15 is 0 Å². The van der Waals surface area contributed by atoms with E-state index < -0.39 is 18.7 Å². The van der Waals surface area contributed by atoms with Crippen LogP contribution in [0, 0.1) is 0 Å². The average Bonchev–Trinajstić information content (AvgIpc) is 2.87. The van der Waals surface area contributed by atoms with E-state index in [0.29, 0.717) is 52.9 Å². The molecule has 9 nitrogen and oxygen atoms in total. The lowest BCUT2D eigenvalue weighted by atomic mass is 10.1. The monoisotopic (exact) mass is 508 g/mol. The van der Waals surface area contributed by atoms with Crippen LogP contribution in [0.25, 0.3) is 0 Å². The minimum atomic E-state index is -1.04. The van der Waals surface area contributed by atoms with Crippen molar-refractivity contribution < 1.29 is 43.4 Å². The molecule has 0 amide bonds. The molecule has 35 heavy (non-hydrogen) atoms. The molecule has 2 N–H and O–H groups in total. The van der Waals surface area contributed by atoms with Crippen LogP contribution in [0.5, 0.6) is 0 Å². The lowest BCUT2D eigenvalue weighted by Gasteiger charge is -2.09. The first-order valence-corrected chi connectivity index (χ1v) is 13.5. The lowest BCUT2D eigenvalue weighted by Crippen LogP contribution is -2.22. The van der Waals surface area contributed by atoms with Crippen molar-refractivity contribution in [3.8, 4) is 0 Å². The van der Waals surface area contributed by atoms with Crippen LogP contribution in [0.15, 0.2) is 0 Å². The number of ether oxygens (including phenoxy) is 6. The van der Waals surface area contributed by atoms with Gasteiger partial charge in [0.05, 0.1) is 72.5 Å². The third kappa shape index (κ3) is 29.3. The maximum absolute atomic E-state index is 11.3. The van der Waals surface area contributed by atoms with Crippen LogP contribution >= 0.6 is 0 Å². The third-order valence-electron chi connectivity index (χ3n) is 5.23. The van der Waals surface area contributed by atoms with E-state index in [1.807, 2.05) is 0 Å². The summed E-state index contributed by atoms with van der Waals surface area (Å²) in [6, 6.07) is 0. The second kappa shape index (κ2) is 29.4. The molecule has 0 spiro atoms. The van der Waals surface area contributed by atoms with Gasteiger partial charge in [-0.15, -0.1) is 0 Å². The average molecular weight is 509 g/mol. The summed E-state index contributed by atoms with van der Waals surface area (Å²) >= 11 is 0. The SMILES string of the molecule is CCCCCCCCCCCCOCCOCCOCCOCCOCCC(=O)OCC(O)CO. The molecule has 9 heteroatoms. The summed E-state index contributed by atoms with van der Waals surface area (Å²) in [6.45, 7) is 6.64. The van der Waals surface area contributed by atoms with E-state index in [4.69, 9.17) is 38.6 Å². The van der Waals surface area contributed by atoms with E-state index in [9.17, 15) is 4.79 Å². The minimum Gasteiger partial charge on any atom is -0.463 e. The van der Waals surface area contributed by atoms with Crippen molar-refractivity contribution in [3.05, 3.63) is 0 Å². The van der Waals surface area contributed by atoms with Crippen LogP contribution in [0.4, 0.5) is 0 Å². The van der Waals surface area contributed by atoms with E-state index in [2.05, 4.69) is 6.92 Å². The zero-order valence-electron chi connectivity index (χ0n) is 22.1. The van der Waals surface area contributed by atoms with E-state index in [-0.39, 0.29) is 19.6 Å². The quantitative estimate of drug-likeness (QED) is 0.116. The Morgan fingerprint density at radius 2 is 1.00 bits per heavy atom. The van der Waals surface area contributed by atoms with Gasteiger partial charge in [-0.3, -0.25) is 4.79 Å². The predicted molar refractivity (Wildman–Crippen MR) is 135 cm³/mol. The molecule has 0 saturated heterocycles. The second-order valence-electron chi connectivity index (χ2n) is 8.51. The molecule has 0 aromatic rings. The normalized spacial score (nSPS) is 12.2. The molecular formula is C26H52O9. The third-order valence-corrected chi connectivity index (χ3v) is 5.23. The maximum Gasteiger partial charge on any atom is 0.308 e. The number of unbranched alkanes of at least 4 members (excludes halogenated alkanes) is 9. The van der Waals surface area contributed by atoms with Crippen LogP contribution < -0.4 is 0 Å². The molecule has 0 bridgehead atoms. The number of aliphatic hydroxyl groups excluding tert-OH is 2. The molecule has 1 atom stereocenters. The Morgan fingerprint density at radius 3 is 1.46 bits per heavy atom. The summed E-state index contributed by atoms with van der Waals surface area (Å²) in [5.74, 6) is -0.477. The fraction of sp³-hybridized carbons (Fsp3) is 0.962. The lowest BCUT2D eigenvalue weighted by molar-refractivity contribution is -0.148. The van der Waals surface area contributed by atoms with Crippen LogP contribution in [-0.4, -0.2) is 102 Å². The van der Waals surface area contributed by atoms with Gasteiger partial charge >= 0.3 is 5.97 Å². The molecule has 0 aromatic carbocycles. The molecule has 210 valence electrons. The molecular weight excluding hydrogens is 456 g/mol. The number of carbonyl (C=O) groups excluding carboxylic acids is 1. The zero-order valence-corrected chi connectivity index (χ0v) is 22.1. The Bertz CT molecular complexity index is 424. The summed E-state index contributed by atoms with van der Waals surface area (Å²) in [5.41, 5.74) is 0. The van der Waals surface area contributed by atoms with Gasteiger partial charge in [0.2, 0.25) is 0 Å². The first kappa shape index (κ1) is 34.2. The van der Waals surface area contributed by atoms with Gasteiger partial charge < -0.3 is 38.6 Å². The van der Waals surface area contributed by atoms with Gasteiger partial charge in [-0.05, 0) is 6.42 Å². The highest BCUT2D eigenvalue weighted by Crippen LogP contribution is 2.10. The maximum atomic E-state index is 11.3. The zero-order chi connectivity index (χ0) is 25.7. The van der Waals surface area contributed by atoms with Crippen molar-refractivity contribution in [2.75, 3.05) is 79.3 Å². The second-order valence-corrected chi connectivity index (χ2v) is 8.51. The summed E-state index contributed by atoms with van der Waals surface area (Å²) in [4.78, 5) is 11.3. The summed E-state index contributed by atoms with van der Waals surface area (Å²) in [5, 5.41) is 17.7. The molecule has 0 aliphatic carbocycles. The highest BCUT2D eigenvalue weighted by Gasteiger charge is 2.07. The highest BCUT2D eigenvalue weighted by molar-refractivity contribution is 5.69. The topological polar surface area (TPSA) is 113 Å². The molecule has 0 aliphatic heterocycles. The van der Waals surface area contributed by atoms with Crippen molar-refractivity contribution in [1.82, 2.24) is 0 Å². The Kier molecular flexibility index (Phi) is 28.7. The molecule has 0 heterocycles.